The van der Waals surface area contributed by atoms with E-state index in [1.54, 1.807) is 0 Å². The molecule has 114 valence electrons. The van der Waals surface area contributed by atoms with Crippen LogP contribution < -0.4 is 5.32 Å². The van der Waals surface area contributed by atoms with Gasteiger partial charge in [-0.15, -0.1) is 6.42 Å². The van der Waals surface area contributed by atoms with Crippen molar-refractivity contribution in [3.63, 3.8) is 0 Å². The fraction of sp³-hybridized carbons (Fsp3) is 0.500. The highest BCUT2D eigenvalue weighted by Gasteiger charge is 2.58. The van der Waals surface area contributed by atoms with Gasteiger partial charge in [0, 0.05) is 18.8 Å². The van der Waals surface area contributed by atoms with E-state index in [1.807, 2.05) is 18.2 Å². The lowest BCUT2D eigenvalue weighted by atomic mass is 10.2. The molecular weight excluding hydrogens is 306 g/mol. The summed E-state index contributed by atoms with van der Waals surface area (Å²) in [5.41, 5.74) is 1.99. The molecule has 0 saturated carbocycles. The van der Waals surface area contributed by atoms with Crippen LogP contribution in [-0.2, 0) is 4.43 Å². The standard InChI is InChI=1S/C16H27NOSi3/c1-8-14-10-9-11-15(12-14)17-16-13-19(2,3)21(6,7)20(4,5)18-16/h1,9-12,16-17H,13H2,2-7H3. The number of terminal acetylenes is 1. The number of hydrogen-bond acceptors (Lipinski definition) is 2. The molecule has 1 aromatic carbocycles. The van der Waals surface area contributed by atoms with Gasteiger partial charge in [-0.2, -0.15) is 0 Å². The Bertz CT molecular complexity index is 555. The first-order valence-corrected chi connectivity index (χ1v) is 18.7. The van der Waals surface area contributed by atoms with E-state index < -0.39 is 22.5 Å². The predicted molar refractivity (Wildman–Crippen MR) is 100 cm³/mol. The highest BCUT2D eigenvalue weighted by Crippen LogP contribution is 2.39. The van der Waals surface area contributed by atoms with Crippen LogP contribution in [0.5, 0.6) is 0 Å². The van der Waals surface area contributed by atoms with Crippen LogP contribution in [0.1, 0.15) is 5.56 Å². The van der Waals surface area contributed by atoms with Crippen molar-refractivity contribution in [3.8, 4) is 12.3 Å². The highest BCUT2D eigenvalue weighted by atomic mass is 29.6. The van der Waals surface area contributed by atoms with Gasteiger partial charge in [-0.3, -0.25) is 0 Å². The summed E-state index contributed by atoms with van der Waals surface area (Å²) in [5, 5.41) is 3.58. The zero-order valence-corrected chi connectivity index (χ0v) is 17.1. The Labute approximate surface area is 132 Å². The normalized spacial score (nSPS) is 25.9. The summed E-state index contributed by atoms with van der Waals surface area (Å²) < 4.78 is 6.57. The second kappa shape index (κ2) is 5.43. The molecule has 1 aromatic rings. The molecule has 0 radical (unpaired) electrons. The molecule has 1 saturated heterocycles. The van der Waals surface area contributed by atoms with E-state index in [9.17, 15) is 0 Å². The van der Waals surface area contributed by atoms with E-state index in [0.29, 0.717) is 0 Å². The van der Waals surface area contributed by atoms with Gasteiger partial charge >= 0.3 is 0 Å². The Hall–Kier alpha value is -0.809. The average molecular weight is 334 g/mol. The number of anilines is 1. The van der Waals surface area contributed by atoms with Crippen LogP contribution in [0.15, 0.2) is 24.3 Å². The van der Waals surface area contributed by atoms with Gasteiger partial charge in [0.25, 0.3) is 0 Å². The van der Waals surface area contributed by atoms with Gasteiger partial charge in [0.2, 0.25) is 0 Å². The molecule has 0 aliphatic carbocycles. The predicted octanol–water partition coefficient (Wildman–Crippen LogP) is 4.21. The van der Waals surface area contributed by atoms with E-state index >= 15 is 0 Å². The lowest BCUT2D eigenvalue weighted by molar-refractivity contribution is 0.244. The van der Waals surface area contributed by atoms with Gasteiger partial charge in [-0.05, 0) is 37.3 Å². The lowest BCUT2D eigenvalue weighted by Gasteiger charge is -2.54. The Morgan fingerprint density at radius 3 is 2.43 bits per heavy atom. The van der Waals surface area contributed by atoms with Crippen molar-refractivity contribution in [2.24, 2.45) is 0 Å². The van der Waals surface area contributed by atoms with Crippen molar-refractivity contribution >= 4 is 28.2 Å². The molecule has 5 heteroatoms. The van der Waals surface area contributed by atoms with E-state index in [1.165, 1.54) is 6.04 Å². The van der Waals surface area contributed by atoms with Crippen molar-refractivity contribution in [1.29, 1.82) is 0 Å². The van der Waals surface area contributed by atoms with Crippen molar-refractivity contribution < 1.29 is 4.43 Å². The lowest BCUT2D eigenvalue weighted by Crippen LogP contribution is -2.76. The highest BCUT2D eigenvalue weighted by molar-refractivity contribution is 7.67. The van der Waals surface area contributed by atoms with Crippen molar-refractivity contribution in [1.82, 2.24) is 0 Å². The summed E-state index contributed by atoms with van der Waals surface area (Å²) in [7, 11) is -4.05. The van der Waals surface area contributed by atoms with Gasteiger partial charge in [-0.1, -0.05) is 38.2 Å². The van der Waals surface area contributed by atoms with E-state index in [0.717, 1.165) is 11.3 Å². The Morgan fingerprint density at radius 2 is 1.86 bits per heavy atom. The summed E-state index contributed by atoms with van der Waals surface area (Å²) in [6.45, 7) is 15.1. The fourth-order valence-electron chi connectivity index (χ4n) is 3.04. The molecular formula is C16H27NOSi3. The first-order chi connectivity index (χ1) is 9.59. The molecule has 21 heavy (non-hydrogen) atoms. The second-order valence-electron chi connectivity index (χ2n) is 7.70. The molecule has 2 nitrogen and oxygen atoms in total. The summed E-state index contributed by atoms with van der Waals surface area (Å²) in [4.78, 5) is 0. The summed E-state index contributed by atoms with van der Waals surface area (Å²) in [5.74, 6) is 2.69. The smallest absolute Gasteiger partial charge is 0.174 e. The largest absolute Gasteiger partial charge is 0.401 e. The average Bonchev–Trinajstić information content (AvgIpc) is 2.36. The van der Waals surface area contributed by atoms with Crippen molar-refractivity contribution in [3.05, 3.63) is 29.8 Å². The van der Waals surface area contributed by atoms with Crippen LogP contribution in [0.3, 0.4) is 0 Å². The number of nitrogens with one attached hydrogen (secondary N) is 1. The zero-order valence-electron chi connectivity index (χ0n) is 14.1. The third kappa shape index (κ3) is 3.04. The maximum Gasteiger partial charge on any atom is 0.174 e. The van der Waals surface area contributed by atoms with E-state index in [-0.39, 0.29) is 6.23 Å². The molecule has 1 aliphatic rings. The molecule has 0 amide bonds. The quantitative estimate of drug-likeness (QED) is 0.646. The third-order valence-electron chi connectivity index (χ3n) is 5.69. The molecule has 0 aromatic heterocycles. The van der Waals surface area contributed by atoms with Gasteiger partial charge in [-0.25, -0.2) is 0 Å². The van der Waals surface area contributed by atoms with Crippen molar-refractivity contribution in [2.45, 2.75) is 51.6 Å². The number of benzene rings is 1. The van der Waals surface area contributed by atoms with E-state index in [4.69, 9.17) is 10.8 Å². The van der Waals surface area contributed by atoms with Crippen LogP contribution >= 0.6 is 0 Å². The van der Waals surface area contributed by atoms with Crippen LogP contribution in [0.25, 0.3) is 0 Å². The molecule has 1 N–H and O–H groups in total. The molecule has 1 aliphatic heterocycles. The monoisotopic (exact) mass is 333 g/mol. The van der Waals surface area contributed by atoms with Crippen molar-refractivity contribution in [2.75, 3.05) is 5.32 Å². The second-order valence-corrected chi connectivity index (χ2v) is 35.1. The molecule has 1 unspecified atom stereocenters. The Morgan fingerprint density at radius 1 is 1.19 bits per heavy atom. The van der Waals surface area contributed by atoms with E-state index in [2.05, 4.69) is 56.6 Å². The first-order valence-electron chi connectivity index (χ1n) is 7.60. The third-order valence-corrected chi connectivity index (χ3v) is 46.0. The summed E-state index contributed by atoms with van der Waals surface area (Å²) in [6.07, 6.45) is 5.64. The Balaban J connectivity index is 2.21. The maximum atomic E-state index is 6.57. The minimum absolute atomic E-state index is 0.155. The SMILES string of the molecule is C#Cc1cccc(NC2C[Si](C)(C)[Si](C)(C)[Si](C)(C)O2)c1. The number of hydrogen-bond donors (Lipinski definition) is 1. The molecule has 0 spiro atoms. The molecule has 1 atom stereocenters. The van der Waals surface area contributed by atoms with Crippen LogP contribution in [-0.4, -0.2) is 28.8 Å². The van der Waals surface area contributed by atoms with Gasteiger partial charge in [0.05, 0.1) is 7.11 Å². The minimum Gasteiger partial charge on any atom is -0.401 e. The molecule has 1 fully saturated rings. The summed E-state index contributed by atoms with van der Waals surface area (Å²) in [6, 6.07) is 9.27. The zero-order chi connectivity index (χ0) is 15.9. The topological polar surface area (TPSA) is 21.3 Å². The van der Waals surface area contributed by atoms with Gasteiger partial charge in [0.1, 0.15) is 6.23 Å². The number of rotatable bonds is 2. The summed E-state index contributed by atoms with van der Waals surface area (Å²) >= 11 is 0. The molecule has 2 rings (SSSR count). The van der Waals surface area contributed by atoms with Crippen LogP contribution in [0.2, 0.25) is 45.3 Å². The van der Waals surface area contributed by atoms with Crippen LogP contribution in [0, 0.1) is 12.3 Å². The van der Waals surface area contributed by atoms with Gasteiger partial charge < -0.3 is 9.74 Å². The first kappa shape index (κ1) is 16.6. The fourth-order valence-corrected chi connectivity index (χ4v) is 32.0. The minimum atomic E-state index is -1.59. The molecule has 1 heterocycles. The molecule has 0 bridgehead atoms. The Kier molecular flexibility index (Phi) is 4.28. The van der Waals surface area contributed by atoms with Gasteiger partial charge in [0.15, 0.2) is 7.83 Å². The van der Waals surface area contributed by atoms with Crippen LogP contribution in [0.4, 0.5) is 5.69 Å². The maximum absolute atomic E-state index is 6.57.